The van der Waals surface area contributed by atoms with Gasteiger partial charge >= 0.3 is 0 Å². The van der Waals surface area contributed by atoms with Crippen molar-refractivity contribution < 1.29 is 9.15 Å². The molecular weight excluding hydrogens is 446 g/mol. The predicted octanol–water partition coefficient (Wildman–Crippen LogP) is 6.15. The molecule has 2 heterocycles. The van der Waals surface area contributed by atoms with Gasteiger partial charge in [-0.15, -0.1) is 20.4 Å². The molecule has 0 fully saturated rings. The van der Waals surface area contributed by atoms with E-state index in [1.54, 1.807) is 7.11 Å². The van der Waals surface area contributed by atoms with E-state index in [9.17, 15) is 0 Å². The molecule has 0 saturated carbocycles. The van der Waals surface area contributed by atoms with Crippen molar-refractivity contribution in [3.8, 4) is 34.3 Å². The maximum Gasteiger partial charge on any atom is 0.247 e. The third kappa shape index (κ3) is 4.45. The van der Waals surface area contributed by atoms with Gasteiger partial charge in [0.2, 0.25) is 11.8 Å². The number of rotatable bonds is 7. The van der Waals surface area contributed by atoms with Gasteiger partial charge in [0.15, 0.2) is 11.0 Å². The van der Waals surface area contributed by atoms with Crippen LogP contribution in [0.4, 0.5) is 0 Å². The lowest BCUT2D eigenvalue weighted by atomic mass is 10.1. The van der Waals surface area contributed by atoms with E-state index in [1.807, 2.05) is 97.3 Å². The lowest BCUT2D eigenvalue weighted by Crippen LogP contribution is -2.01. The Morgan fingerprint density at radius 3 is 2.44 bits per heavy atom. The highest BCUT2D eigenvalue weighted by Gasteiger charge is 2.22. The summed E-state index contributed by atoms with van der Waals surface area (Å²) in [5, 5.41) is 18.2. The van der Waals surface area contributed by atoms with Crippen LogP contribution < -0.4 is 4.74 Å². The predicted molar refractivity (Wildman–Crippen MR) is 132 cm³/mol. The second kappa shape index (κ2) is 9.52. The molecule has 5 aromatic rings. The van der Waals surface area contributed by atoms with E-state index in [0.717, 1.165) is 39.1 Å². The van der Waals surface area contributed by atoms with Crippen LogP contribution in [0, 0.1) is 6.92 Å². The summed E-state index contributed by atoms with van der Waals surface area (Å²) < 4.78 is 13.5. The Morgan fingerprint density at radius 1 is 0.853 bits per heavy atom. The van der Waals surface area contributed by atoms with Gasteiger partial charge in [-0.25, -0.2) is 0 Å². The first-order chi connectivity index (χ1) is 16.6. The topological polar surface area (TPSA) is 78.9 Å². The number of benzene rings is 3. The van der Waals surface area contributed by atoms with Gasteiger partial charge in [0.1, 0.15) is 5.75 Å². The first kappa shape index (κ1) is 21.9. The molecule has 0 saturated heterocycles. The summed E-state index contributed by atoms with van der Waals surface area (Å²) in [6.45, 7) is 4.06. The molecule has 5 rings (SSSR count). The lowest BCUT2D eigenvalue weighted by molar-refractivity contribution is 0.415. The molecule has 0 aliphatic rings. The number of hydrogen-bond acceptors (Lipinski definition) is 7. The van der Waals surface area contributed by atoms with Gasteiger partial charge in [-0.2, -0.15) is 0 Å². The standard InChI is InChI=1S/C26H23N5O2S/c1-17-9-7-11-20(15-17)25-29-28-24(33-25)18(2)34-26-30-27-23(19-10-8-14-22(16-19)32-3)31(26)21-12-5-4-6-13-21/h4-16,18H,1-3H3. The molecule has 1 atom stereocenters. The van der Waals surface area contributed by atoms with E-state index in [2.05, 4.69) is 20.4 Å². The van der Waals surface area contributed by atoms with Crippen LogP contribution in [-0.4, -0.2) is 32.1 Å². The van der Waals surface area contributed by atoms with Crippen molar-refractivity contribution in [3.05, 3.63) is 90.3 Å². The van der Waals surface area contributed by atoms with Crippen molar-refractivity contribution in [2.45, 2.75) is 24.3 Å². The number of methoxy groups -OCH3 is 1. The lowest BCUT2D eigenvalue weighted by Gasteiger charge is -2.12. The van der Waals surface area contributed by atoms with Crippen LogP contribution in [0.3, 0.4) is 0 Å². The van der Waals surface area contributed by atoms with Crippen LogP contribution in [0.2, 0.25) is 0 Å². The van der Waals surface area contributed by atoms with Gasteiger partial charge in [0, 0.05) is 16.8 Å². The van der Waals surface area contributed by atoms with Crippen LogP contribution >= 0.6 is 11.8 Å². The van der Waals surface area contributed by atoms with Gasteiger partial charge in [-0.05, 0) is 50.2 Å². The van der Waals surface area contributed by atoms with Crippen molar-refractivity contribution in [2.75, 3.05) is 7.11 Å². The Balaban J connectivity index is 1.49. The van der Waals surface area contributed by atoms with Crippen LogP contribution in [-0.2, 0) is 0 Å². The summed E-state index contributed by atoms with van der Waals surface area (Å²) in [5.74, 6) is 2.53. The van der Waals surface area contributed by atoms with Crippen LogP contribution in [0.5, 0.6) is 5.75 Å². The SMILES string of the molecule is COc1cccc(-c2nnc(SC(C)c3nnc(-c4cccc(C)c4)o3)n2-c2ccccc2)c1. The van der Waals surface area contributed by atoms with Gasteiger partial charge in [0.25, 0.3) is 0 Å². The van der Waals surface area contributed by atoms with Crippen molar-refractivity contribution in [1.82, 2.24) is 25.0 Å². The van der Waals surface area contributed by atoms with Gasteiger partial charge in [-0.3, -0.25) is 4.57 Å². The fraction of sp³-hybridized carbons (Fsp3) is 0.154. The van der Waals surface area contributed by atoms with E-state index in [-0.39, 0.29) is 5.25 Å². The summed E-state index contributed by atoms with van der Waals surface area (Å²) >= 11 is 1.52. The van der Waals surface area contributed by atoms with Crippen LogP contribution in [0.1, 0.15) is 23.6 Å². The van der Waals surface area contributed by atoms with Crippen molar-refractivity contribution in [3.63, 3.8) is 0 Å². The van der Waals surface area contributed by atoms with E-state index in [0.29, 0.717) is 11.8 Å². The molecule has 34 heavy (non-hydrogen) atoms. The van der Waals surface area contributed by atoms with Crippen LogP contribution in [0.25, 0.3) is 28.5 Å². The molecule has 170 valence electrons. The molecule has 0 radical (unpaired) electrons. The molecule has 3 aromatic carbocycles. The van der Waals surface area contributed by atoms with Crippen molar-refractivity contribution in [1.29, 1.82) is 0 Å². The molecule has 8 heteroatoms. The molecule has 0 N–H and O–H groups in total. The summed E-state index contributed by atoms with van der Waals surface area (Å²) in [7, 11) is 1.65. The maximum atomic E-state index is 6.01. The average Bonchev–Trinajstić information content (AvgIpc) is 3.53. The maximum absolute atomic E-state index is 6.01. The Kier molecular flexibility index (Phi) is 6.14. The monoisotopic (exact) mass is 469 g/mol. The second-order valence-electron chi connectivity index (χ2n) is 7.78. The Morgan fingerprint density at radius 2 is 1.65 bits per heavy atom. The molecular formula is C26H23N5O2S. The summed E-state index contributed by atoms with van der Waals surface area (Å²) in [4.78, 5) is 0. The number of ether oxygens (including phenoxy) is 1. The number of thioether (sulfide) groups is 1. The Labute approximate surface area is 201 Å². The summed E-state index contributed by atoms with van der Waals surface area (Å²) in [5.41, 5.74) is 3.92. The fourth-order valence-electron chi connectivity index (χ4n) is 3.61. The third-order valence-corrected chi connectivity index (χ3v) is 6.34. The first-order valence-electron chi connectivity index (χ1n) is 10.8. The molecule has 0 amide bonds. The molecule has 0 spiro atoms. The zero-order valence-corrected chi connectivity index (χ0v) is 19.9. The third-order valence-electron chi connectivity index (χ3n) is 5.31. The average molecular weight is 470 g/mol. The van der Waals surface area contributed by atoms with Gasteiger partial charge in [0.05, 0.1) is 12.4 Å². The van der Waals surface area contributed by atoms with E-state index in [1.165, 1.54) is 11.8 Å². The van der Waals surface area contributed by atoms with E-state index in [4.69, 9.17) is 9.15 Å². The van der Waals surface area contributed by atoms with Crippen molar-refractivity contribution >= 4 is 11.8 Å². The quantitative estimate of drug-likeness (QED) is 0.264. The zero-order chi connectivity index (χ0) is 23.5. The second-order valence-corrected chi connectivity index (χ2v) is 9.09. The van der Waals surface area contributed by atoms with E-state index < -0.39 is 0 Å². The normalized spacial score (nSPS) is 12.0. The summed E-state index contributed by atoms with van der Waals surface area (Å²) in [6, 6.07) is 25.9. The van der Waals surface area contributed by atoms with Crippen molar-refractivity contribution in [2.24, 2.45) is 0 Å². The Bertz CT molecular complexity index is 1410. The number of aromatic nitrogens is 5. The zero-order valence-electron chi connectivity index (χ0n) is 19.0. The van der Waals surface area contributed by atoms with Gasteiger partial charge in [-0.1, -0.05) is 59.8 Å². The summed E-state index contributed by atoms with van der Waals surface area (Å²) in [6.07, 6.45) is 0. The van der Waals surface area contributed by atoms with Gasteiger partial charge < -0.3 is 9.15 Å². The molecule has 1 unspecified atom stereocenters. The minimum atomic E-state index is -0.129. The van der Waals surface area contributed by atoms with Crippen LogP contribution in [0.15, 0.2) is 88.4 Å². The first-order valence-corrected chi connectivity index (χ1v) is 11.7. The Hall–Kier alpha value is -3.91. The number of hydrogen-bond donors (Lipinski definition) is 0. The minimum Gasteiger partial charge on any atom is -0.497 e. The molecule has 7 nitrogen and oxygen atoms in total. The molecule has 2 aromatic heterocycles. The number of aryl methyl sites for hydroxylation is 1. The fourth-order valence-corrected chi connectivity index (χ4v) is 4.50. The molecule has 0 bridgehead atoms. The molecule has 0 aliphatic heterocycles. The minimum absolute atomic E-state index is 0.129. The smallest absolute Gasteiger partial charge is 0.247 e. The highest BCUT2D eigenvalue weighted by Crippen LogP contribution is 2.37. The van der Waals surface area contributed by atoms with E-state index >= 15 is 0 Å². The highest BCUT2D eigenvalue weighted by molar-refractivity contribution is 7.99. The number of para-hydroxylation sites is 1. The number of nitrogens with zero attached hydrogens (tertiary/aromatic N) is 5. The largest absolute Gasteiger partial charge is 0.497 e. The molecule has 0 aliphatic carbocycles. The highest BCUT2D eigenvalue weighted by atomic mass is 32.2.